The number of nitrogens with zero attached hydrogens (tertiary/aromatic N) is 1. The number of ether oxygens (including phenoxy) is 3. The molecule has 0 unspecified atom stereocenters. The SMILES string of the molecule is CCOC(=O)C1=C(O)/C(=C/c2ccc(OCc3ccc(Cl)c(Cl)c3)c(OCC)c2)SC1=NC(=O)c1ccc(C)cc1. The number of aliphatic hydroxyl groups is 1. The molecule has 0 radical (unpaired) electrons. The summed E-state index contributed by atoms with van der Waals surface area (Å²) >= 11 is 13.1. The van der Waals surface area contributed by atoms with E-state index in [1.807, 2.05) is 19.9 Å². The van der Waals surface area contributed by atoms with Gasteiger partial charge in [0.2, 0.25) is 0 Å². The van der Waals surface area contributed by atoms with Crippen LogP contribution in [0.25, 0.3) is 6.08 Å². The molecule has 0 aromatic heterocycles. The monoisotopic (exact) mass is 611 g/mol. The summed E-state index contributed by atoms with van der Waals surface area (Å²) in [6.45, 7) is 6.16. The number of amides is 1. The Balaban J connectivity index is 1.62. The Morgan fingerprint density at radius 3 is 2.37 bits per heavy atom. The fourth-order valence-corrected chi connectivity index (χ4v) is 5.12. The van der Waals surface area contributed by atoms with Crippen LogP contribution in [0.15, 0.2) is 81.9 Å². The number of halogens is 2. The third-order valence-corrected chi connectivity index (χ3v) is 7.57. The van der Waals surface area contributed by atoms with Gasteiger partial charge >= 0.3 is 5.97 Å². The van der Waals surface area contributed by atoms with E-state index in [2.05, 4.69) is 4.99 Å². The summed E-state index contributed by atoms with van der Waals surface area (Å²) in [7, 11) is 0. The lowest BCUT2D eigenvalue weighted by atomic mass is 10.1. The predicted molar refractivity (Wildman–Crippen MR) is 163 cm³/mol. The van der Waals surface area contributed by atoms with Gasteiger partial charge in [-0.15, -0.1) is 0 Å². The molecule has 1 amide bonds. The van der Waals surface area contributed by atoms with Crippen LogP contribution in [-0.4, -0.2) is 35.2 Å². The first-order chi connectivity index (χ1) is 19.7. The topological polar surface area (TPSA) is 94.4 Å². The number of hydrogen-bond acceptors (Lipinski definition) is 7. The number of aliphatic imine (C=N–C) groups is 1. The molecule has 3 aromatic carbocycles. The van der Waals surface area contributed by atoms with E-state index in [9.17, 15) is 14.7 Å². The van der Waals surface area contributed by atoms with Gasteiger partial charge in [0.05, 0.1) is 28.2 Å². The Bertz CT molecular complexity index is 1560. The van der Waals surface area contributed by atoms with Gasteiger partial charge in [0, 0.05) is 5.56 Å². The summed E-state index contributed by atoms with van der Waals surface area (Å²) in [5.41, 5.74) is 2.70. The summed E-state index contributed by atoms with van der Waals surface area (Å²) < 4.78 is 16.9. The third kappa shape index (κ3) is 7.52. The van der Waals surface area contributed by atoms with Crippen molar-refractivity contribution in [2.24, 2.45) is 4.99 Å². The molecule has 0 fully saturated rings. The van der Waals surface area contributed by atoms with E-state index in [1.54, 1.807) is 67.6 Å². The molecule has 0 saturated heterocycles. The zero-order chi connectivity index (χ0) is 29.5. The Morgan fingerprint density at radius 1 is 0.927 bits per heavy atom. The van der Waals surface area contributed by atoms with E-state index in [-0.39, 0.29) is 29.6 Å². The average molecular weight is 613 g/mol. The quantitative estimate of drug-likeness (QED) is 0.245. The van der Waals surface area contributed by atoms with Crippen molar-refractivity contribution in [1.29, 1.82) is 0 Å². The lowest BCUT2D eigenvalue weighted by Crippen LogP contribution is -2.14. The molecule has 0 aliphatic carbocycles. The van der Waals surface area contributed by atoms with Gasteiger partial charge in [-0.3, -0.25) is 4.79 Å². The highest BCUT2D eigenvalue weighted by Crippen LogP contribution is 2.40. The van der Waals surface area contributed by atoms with Gasteiger partial charge in [-0.2, -0.15) is 0 Å². The van der Waals surface area contributed by atoms with Crippen molar-refractivity contribution < 1.29 is 28.9 Å². The molecule has 41 heavy (non-hydrogen) atoms. The van der Waals surface area contributed by atoms with Gasteiger partial charge in [-0.05, 0) is 74.4 Å². The van der Waals surface area contributed by atoms with Crippen molar-refractivity contribution in [3.63, 3.8) is 0 Å². The van der Waals surface area contributed by atoms with Crippen molar-refractivity contribution >= 4 is 58.0 Å². The Hall–Kier alpha value is -3.72. The van der Waals surface area contributed by atoms with Crippen LogP contribution < -0.4 is 9.47 Å². The maximum atomic E-state index is 12.8. The van der Waals surface area contributed by atoms with Crippen LogP contribution in [0.3, 0.4) is 0 Å². The standard InChI is InChI=1S/C31H27Cl2NO6S/c1-4-38-25-15-19(9-13-24(25)40-17-20-8-12-22(32)23(33)14-20)16-26-28(35)27(31(37)39-5-2)30(41-26)34-29(36)21-10-6-18(3)7-11-21/h6-16,35H,4-5,17H2,1-3H3/b26-16-,34-30?. The highest BCUT2D eigenvalue weighted by molar-refractivity contribution is 8.18. The highest BCUT2D eigenvalue weighted by Gasteiger charge is 2.34. The molecule has 1 aliphatic heterocycles. The minimum Gasteiger partial charge on any atom is -0.506 e. The number of rotatable bonds is 9. The molecular formula is C31H27Cl2NO6S. The molecule has 1 heterocycles. The van der Waals surface area contributed by atoms with Crippen molar-refractivity contribution in [3.8, 4) is 11.5 Å². The third-order valence-electron chi connectivity index (χ3n) is 5.82. The Morgan fingerprint density at radius 2 is 1.68 bits per heavy atom. The molecular weight excluding hydrogens is 585 g/mol. The van der Waals surface area contributed by atoms with Gasteiger partial charge in [0.25, 0.3) is 5.91 Å². The molecule has 0 bridgehead atoms. The number of aryl methyl sites for hydroxylation is 1. The van der Waals surface area contributed by atoms with Crippen LogP contribution in [0.5, 0.6) is 11.5 Å². The van der Waals surface area contributed by atoms with E-state index < -0.39 is 11.9 Å². The maximum Gasteiger partial charge on any atom is 0.344 e. The number of carbonyl (C=O) groups is 2. The van der Waals surface area contributed by atoms with Gasteiger partial charge in [-0.25, -0.2) is 9.79 Å². The van der Waals surface area contributed by atoms with Gasteiger partial charge in [0.15, 0.2) is 11.5 Å². The minimum atomic E-state index is -0.766. The van der Waals surface area contributed by atoms with E-state index in [0.717, 1.165) is 22.9 Å². The van der Waals surface area contributed by atoms with Crippen molar-refractivity contribution in [1.82, 2.24) is 0 Å². The number of thioether (sulfide) groups is 1. The second-order valence-electron chi connectivity index (χ2n) is 8.82. The van der Waals surface area contributed by atoms with Gasteiger partial charge in [-0.1, -0.05) is 64.8 Å². The first kappa shape index (κ1) is 30.2. The number of aliphatic hydroxyl groups excluding tert-OH is 1. The highest BCUT2D eigenvalue weighted by atomic mass is 35.5. The van der Waals surface area contributed by atoms with E-state index in [1.165, 1.54) is 0 Å². The van der Waals surface area contributed by atoms with Gasteiger partial charge in [0.1, 0.15) is 23.0 Å². The van der Waals surface area contributed by atoms with Crippen LogP contribution in [0.4, 0.5) is 0 Å². The van der Waals surface area contributed by atoms with E-state index in [0.29, 0.717) is 44.2 Å². The van der Waals surface area contributed by atoms with E-state index >= 15 is 0 Å². The predicted octanol–water partition coefficient (Wildman–Crippen LogP) is 7.98. The average Bonchev–Trinajstić information content (AvgIpc) is 3.24. The summed E-state index contributed by atoms with van der Waals surface area (Å²) in [6.07, 6.45) is 1.67. The maximum absolute atomic E-state index is 12.8. The molecule has 1 N–H and O–H groups in total. The smallest absolute Gasteiger partial charge is 0.344 e. The van der Waals surface area contributed by atoms with Crippen LogP contribution in [0.2, 0.25) is 10.0 Å². The molecule has 4 rings (SSSR count). The van der Waals surface area contributed by atoms with Crippen LogP contribution >= 0.6 is 35.0 Å². The second kappa shape index (κ2) is 13.8. The lowest BCUT2D eigenvalue weighted by molar-refractivity contribution is -0.138. The molecule has 0 saturated carbocycles. The number of benzene rings is 3. The lowest BCUT2D eigenvalue weighted by Gasteiger charge is -2.13. The van der Waals surface area contributed by atoms with Crippen molar-refractivity contribution in [2.75, 3.05) is 13.2 Å². The molecule has 212 valence electrons. The van der Waals surface area contributed by atoms with Crippen molar-refractivity contribution in [3.05, 3.63) is 109 Å². The van der Waals surface area contributed by atoms with Crippen LogP contribution in [0, 0.1) is 6.92 Å². The number of carbonyl (C=O) groups excluding carboxylic acids is 2. The first-order valence-corrected chi connectivity index (χ1v) is 14.3. The first-order valence-electron chi connectivity index (χ1n) is 12.7. The minimum absolute atomic E-state index is 0.0596. The Kier molecular flexibility index (Phi) is 10.2. The zero-order valence-corrected chi connectivity index (χ0v) is 24.9. The summed E-state index contributed by atoms with van der Waals surface area (Å²) in [5, 5.41) is 12.0. The fraction of sp³-hybridized carbons (Fsp3) is 0.194. The number of esters is 1. The molecule has 0 atom stereocenters. The Labute approximate surface area is 252 Å². The van der Waals surface area contributed by atoms with Crippen molar-refractivity contribution in [2.45, 2.75) is 27.4 Å². The molecule has 3 aromatic rings. The van der Waals surface area contributed by atoms with Gasteiger partial charge < -0.3 is 19.3 Å². The number of hydrogen-bond donors (Lipinski definition) is 1. The molecule has 7 nitrogen and oxygen atoms in total. The van der Waals surface area contributed by atoms with E-state index in [4.69, 9.17) is 37.4 Å². The second-order valence-corrected chi connectivity index (χ2v) is 10.7. The summed E-state index contributed by atoms with van der Waals surface area (Å²) in [6, 6.07) is 17.5. The van der Waals surface area contributed by atoms with Crippen LogP contribution in [0.1, 0.15) is 40.9 Å². The summed E-state index contributed by atoms with van der Waals surface area (Å²) in [5.74, 6) is -0.621. The zero-order valence-electron chi connectivity index (χ0n) is 22.6. The fourth-order valence-electron chi connectivity index (χ4n) is 3.79. The molecule has 1 aliphatic rings. The molecule has 10 heteroatoms. The largest absolute Gasteiger partial charge is 0.506 e. The summed E-state index contributed by atoms with van der Waals surface area (Å²) in [4.78, 5) is 30.0. The normalized spacial score (nSPS) is 15.0. The van der Waals surface area contributed by atoms with Crippen LogP contribution in [-0.2, 0) is 16.1 Å². The molecule has 0 spiro atoms.